The fourth-order valence-corrected chi connectivity index (χ4v) is 1.68. The normalized spacial score (nSPS) is 12.3. The van der Waals surface area contributed by atoms with Crippen LogP contribution < -0.4 is 5.32 Å². The molecule has 0 radical (unpaired) electrons. The molecule has 3 nitrogen and oxygen atoms in total. The van der Waals surface area contributed by atoms with Gasteiger partial charge in [-0.3, -0.25) is 9.69 Å². The number of carbonyl (C=O) groups is 1. The first-order valence-corrected chi connectivity index (χ1v) is 5.98. The molecule has 1 unspecified atom stereocenters. The van der Waals surface area contributed by atoms with E-state index >= 15 is 0 Å². The van der Waals surface area contributed by atoms with Gasteiger partial charge in [-0.1, -0.05) is 6.08 Å². The second-order valence-corrected chi connectivity index (χ2v) is 4.35. The van der Waals surface area contributed by atoms with E-state index in [9.17, 15) is 13.6 Å². The number of likely N-dealkylation sites (N-methyl/N-ethyl adjacent to an activating group) is 1. The number of halogens is 2. The molecule has 0 aliphatic heterocycles. The summed E-state index contributed by atoms with van der Waals surface area (Å²) in [6.07, 6.45) is 1.58. The summed E-state index contributed by atoms with van der Waals surface area (Å²) in [4.78, 5) is 13.2. The Labute approximate surface area is 111 Å². The average molecular weight is 268 g/mol. The second-order valence-electron chi connectivity index (χ2n) is 4.35. The molecule has 0 aliphatic rings. The van der Waals surface area contributed by atoms with E-state index in [4.69, 9.17) is 0 Å². The SMILES string of the molecule is C=CCNC(=O)CN(C)C(C)c1cc(F)ccc1F. The molecule has 1 N–H and O–H groups in total. The van der Waals surface area contributed by atoms with E-state index in [1.807, 2.05) is 0 Å². The lowest BCUT2D eigenvalue weighted by molar-refractivity contribution is -0.122. The minimum absolute atomic E-state index is 0.102. The standard InChI is InChI=1S/C14H18F2N2O/c1-4-7-17-14(19)9-18(3)10(2)12-8-11(15)5-6-13(12)16/h4-6,8,10H,1,7,9H2,2-3H3,(H,17,19). The van der Waals surface area contributed by atoms with Crippen LogP contribution in [0, 0.1) is 11.6 Å². The first-order valence-electron chi connectivity index (χ1n) is 5.98. The smallest absolute Gasteiger partial charge is 0.234 e. The van der Waals surface area contributed by atoms with E-state index in [2.05, 4.69) is 11.9 Å². The van der Waals surface area contributed by atoms with Crippen molar-refractivity contribution in [3.05, 3.63) is 48.1 Å². The monoisotopic (exact) mass is 268 g/mol. The van der Waals surface area contributed by atoms with Gasteiger partial charge in [-0.2, -0.15) is 0 Å². The van der Waals surface area contributed by atoms with Crippen molar-refractivity contribution in [2.75, 3.05) is 20.1 Å². The fourth-order valence-electron chi connectivity index (χ4n) is 1.68. The highest BCUT2D eigenvalue weighted by molar-refractivity contribution is 5.78. The maximum Gasteiger partial charge on any atom is 0.234 e. The zero-order valence-electron chi connectivity index (χ0n) is 11.1. The van der Waals surface area contributed by atoms with Crippen LogP contribution >= 0.6 is 0 Å². The van der Waals surface area contributed by atoms with Gasteiger partial charge in [-0.05, 0) is 32.2 Å². The van der Waals surface area contributed by atoms with Crippen LogP contribution in [0.4, 0.5) is 8.78 Å². The van der Waals surface area contributed by atoms with Crippen molar-refractivity contribution in [3.63, 3.8) is 0 Å². The van der Waals surface area contributed by atoms with Crippen LogP contribution in [-0.4, -0.2) is 30.9 Å². The lowest BCUT2D eigenvalue weighted by atomic mass is 10.1. The number of benzene rings is 1. The summed E-state index contributed by atoms with van der Waals surface area (Å²) < 4.78 is 26.7. The van der Waals surface area contributed by atoms with Gasteiger partial charge >= 0.3 is 0 Å². The molecule has 0 heterocycles. The molecular formula is C14H18F2N2O. The van der Waals surface area contributed by atoms with Crippen LogP contribution in [-0.2, 0) is 4.79 Å². The van der Waals surface area contributed by atoms with Crippen molar-refractivity contribution < 1.29 is 13.6 Å². The maximum atomic E-state index is 13.6. The molecule has 1 aromatic carbocycles. The molecule has 0 fully saturated rings. The van der Waals surface area contributed by atoms with Crippen LogP contribution in [0.2, 0.25) is 0 Å². The topological polar surface area (TPSA) is 32.3 Å². The largest absolute Gasteiger partial charge is 0.352 e. The Balaban J connectivity index is 2.70. The molecule has 19 heavy (non-hydrogen) atoms. The molecule has 1 rings (SSSR count). The van der Waals surface area contributed by atoms with Crippen LogP contribution in [0.3, 0.4) is 0 Å². The van der Waals surface area contributed by atoms with Gasteiger partial charge in [-0.15, -0.1) is 6.58 Å². The van der Waals surface area contributed by atoms with Gasteiger partial charge in [0.1, 0.15) is 11.6 Å². The molecule has 1 atom stereocenters. The predicted octanol–water partition coefficient (Wildman–Crippen LogP) is 2.26. The number of rotatable bonds is 6. The first kappa shape index (κ1) is 15.3. The summed E-state index contributed by atoms with van der Waals surface area (Å²) in [6, 6.07) is 2.91. The van der Waals surface area contributed by atoms with Crippen LogP contribution in [0.1, 0.15) is 18.5 Å². The van der Waals surface area contributed by atoms with Gasteiger partial charge in [0.15, 0.2) is 0 Å². The van der Waals surface area contributed by atoms with Gasteiger partial charge in [-0.25, -0.2) is 8.78 Å². The first-order chi connectivity index (χ1) is 8.95. The van der Waals surface area contributed by atoms with E-state index in [1.165, 1.54) is 0 Å². The van der Waals surface area contributed by atoms with Crippen molar-refractivity contribution in [2.45, 2.75) is 13.0 Å². The molecule has 0 bridgehead atoms. The minimum Gasteiger partial charge on any atom is -0.352 e. The van der Waals surface area contributed by atoms with Gasteiger partial charge in [0.2, 0.25) is 5.91 Å². The highest BCUT2D eigenvalue weighted by Gasteiger charge is 2.18. The van der Waals surface area contributed by atoms with Crippen LogP contribution in [0.15, 0.2) is 30.9 Å². The van der Waals surface area contributed by atoms with E-state index in [0.29, 0.717) is 6.54 Å². The fraction of sp³-hybridized carbons (Fsp3) is 0.357. The third-order valence-electron chi connectivity index (χ3n) is 2.91. The number of hydrogen-bond donors (Lipinski definition) is 1. The molecule has 104 valence electrons. The molecule has 0 aliphatic carbocycles. The Kier molecular flexibility index (Phi) is 5.63. The molecule has 0 saturated heterocycles. The summed E-state index contributed by atoms with van der Waals surface area (Å²) in [5.41, 5.74) is 0.235. The lowest BCUT2D eigenvalue weighted by Gasteiger charge is -2.24. The number of nitrogens with one attached hydrogen (secondary N) is 1. The van der Waals surface area contributed by atoms with E-state index < -0.39 is 17.7 Å². The van der Waals surface area contributed by atoms with Crippen molar-refractivity contribution in [1.29, 1.82) is 0 Å². The summed E-state index contributed by atoms with van der Waals surface area (Å²) in [5.74, 6) is -1.16. The average Bonchev–Trinajstić information content (AvgIpc) is 2.38. The van der Waals surface area contributed by atoms with Gasteiger partial charge < -0.3 is 5.32 Å². The molecule has 0 spiro atoms. The zero-order valence-corrected chi connectivity index (χ0v) is 11.1. The van der Waals surface area contributed by atoms with Crippen molar-refractivity contribution in [2.24, 2.45) is 0 Å². The van der Waals surface area contributed by atoms with Crippen molar-refractivity contribution in [3.8, 4) is 0 Å². The molecule has 0 saturated carbocycles. The van der Waals surface area contributed by atoms with Crippen LogP contribution in [0.5, 0.6) is 0 Å². The lowest BCUT2D eigenvalue weighted by Crippen LogP contribution is -2.36. The molecule has 0 aromatic heterocycles. The highest BCUT2D eigenvalue weighted by Crippen LogP contribution is 2.22. The zero-order chi connectivity index (χ0) is 14.4. The predicted molar refractivity (Wildman–Crippen MR) is 70.6 cm³/mol. The minimum atomic E-state index is -0.493. The number of amides is 1. The Morgan fingerprint density at radius 1 is 1.53 bits per heavy atom. The summed E-state index contributed by atoms with van der Waals surface area (Å²) in [7, 11) is 1.68. The maximum absolute atomic E-state index is 13.6. The van der Waals surface area contributed by atoms with E-state index in [1.54, 1.807) is 24.9 Å². The Hall–Kier alpha value is -1.75. The molecule has 1 amide bonds. The quantitative estimate of drug-likeness (QED) is 0.803. The third kappa shape index (κ3) is 4.44. The van der Waals surface area contributed by atoms with Crippen molar-refractivity contribution >= 4 is 5.91 Å². The Bertz CT molecular complexity index is 463. The molecule has 1 aromatic rings. The number of carbonyl (C=O) groups excluding carboxylic acids is 1. The molecule has 5 heteroatoms. The van der Waals surface area contributed by atoms with Gasteiger partial charge in [0.25, 0.3) is 0 Å². The number of nitrogens with zero attached hydrogens (tertiary/aromatic N) is 1. The van der Waals surface area contributed by atoms with E-state index in [-0.39, 0.29) is 18.0 Å². The van der Waals surface area contributed by atoms with E-state index in [0.717, 1.165) is 18.2 Å². The molecular weight excluding hydrogens is 250 g/mol. The Morgan fingerprint density at radius 2 is 2.21 bits per heavy atom. The van der Waals surface area contributed by atoms with Gasteiger partial charge in [0.05, 0.1) is 6.54 Å². The number of hydrogen-bond acceptors (Lipinski definition) is 2. The van der Waals surface area contributed by atoms with Gasteiger partial charge in [0, 0.05) is 18.2 Å². The Morgan fingerprint density at radius 3 is 2.84 bits per heavy atom. The summed E-state index contributed by atoms with van der Waals surface area (Å²) >= 11 is 0. The van der Waals surface area contributed by atoms with Crippen LogP contribution in [0.25, 0.3) is 0 Å². The van der Waals surface area contributed by atoms with Crippen molar-refractivity contribution in [1.82, 2.24) is 10.2 Å². The summed E-state index contributed by atoms with van der Waals surface area (Å²) in [5, 5.41) is 2.63. The summed E-state index contributed by atoms with van der Waals surface area (Å²) in [6.45, 7) is 5.70. The highest BCUT2D eigenvalue weighted by atomic mass is 19.1. The third-order valence-corrected chi connectivity index (χ3v) is 2.91. The second kappa shape index (κ2) is 6.99.